The van der Waals surface area contributed by atoms with Gasteiger partial charge in [0.15, 0.2) is 0 Å². The first kappa shape index (κ1) is 18.8. The molecule has 1 aliphatic heterocycles. The molecule has 0 bridgehead atoms. The molecule has 3 aromatic rings. The highest BCUT2D eigenvalue weighted by atomic mass is 16.5. The fourth-order valence-corrected chi connectivity index (χ4v) is 3.14. The Morgan fingerprint density at radius 1 is 1.14 bits per heavy atom. The van der Waals surface area contributed by atoms with Gasteiger partial charge in [-0.25, -0.2) is 19.6 Å². The lowest BCUT2D eigenvalue weighted by Crippen LogP contribution is -2.35. The van der Waals surface area contributed by atoms with Crippen LogP contribution in [0, 0.1) is 5.41 Å². The summed E-state index contributed by atoms with van der Waals surface area (Å²) < 4.78 is 12.5. The number of methoxy groups -OCH3 is 1. The van der Waals surface area contributed by atoms with Gasteiger partial charge in [-0.1, -0.05) is 0 Å². The van der Waals surface area contributed by atoms with Gasteiger partial charge in [-0.2, -0.15) is 5.10 Å². The zero-order chi connectivity index (χ0) is 20.2. The average Bonchev–Trinajstić information content (AvgIpc) is 3.22. The number of ether oxygens (including phenoxy) is 2. The van der Waals surface area contributed by atoms with Gasteiger partial charge in [-0.05, 0) is 18.2 Å². The maximum absolute atomic E-state index is 8.63. The first-order valence-corrected chi connectivity index (χ1v) is 9.20. The van der Waals surface area contributed by atoms with Gasteiger partial charge in [0.25, 0.3) is 0 Å². The molecule has 0 unspecified atom stereocenters. The van der Waals surface area contributed by atoms with Crippen LogP contribution < -0.4 is 15.4 Å². The van der Waals surface area contributed by atoms with E-state index in [1.54, 1.807) is 37.7 Å². The molecule has 4 rings (SSSR count). The molecule has 1 aliphatic rings. The number of nitrogens with one attached hydrogen (secondary N) is 1. The van der Waals surface area contributed by atoms with Gasteiger partial charge in [0.2, 0.25) is 0 Å². The number of hydrogen-bond donors (Lipinski definition) is 2. The standard InChI is InChI=1S/C19H22N8O2/c1-28-6-7-29-13-2-3-15(20)14(8-13)19(21)16-9-17(23-11-22-16)26-4-5-27-18(10-26)24-12-25-27/h2-3,8-9,11-12,21H,4-7,10,20H2,1H3. The van der Waals surface area contributed by atoms with Crippen LogP contribution in [-0.4, -0.2) is 57.3 Å². The normalized spacial score (nSPS) is 13.2. The number of rotatable bonds is 7. The minimum Gasteiger partial charge on any atom is -0.491 e. The highest BCUT2D eigenvalue weighted by molar-refractivity contribution is 6.13. The molecule has 10 nitrogen and oxygen atoms in total. The van der Waals surface area contributed by atoms with Crippen molar-refractivity contribution in [3.05, 3.63) is 54.0 Å². The maximum atomic E-state index is 8.63. The molecule has 0 aliphatic carbocycles. The number of hydrogen-bond acceptors (Lipinski definition) is 9. The minimum absolute atomic E-state index is 0.212. The lowest BCUT2D eigenvalue weighted by atomic mass is 10.0. The largest absolute Gasteiger partial charge is 0.491 e. The predicted molar refractivity (Wildman–Crippen MR) is 107 cm³/mol. The van der Waals surface area contributed by atoms with E-state index >= 15 is 0 Å². The molecule has 0 saturated carbocycles. The zero-order valence-electron chi connectivity index (χ0n) is 16.1. The fourth-order valence-electron chi connectivity index (χ4n) is 3.14. The van der Waals surface area contributed by atoms with Crippen molar-refractivity contribution in [2.75, 3.05) is 37.5 Å². The van der Waals surface area contributed by atoms with Crippen LogP contribution in [0.3, 0.4) is 0 Å². The van der Waals surface area contributed by atoms with Gasteiger partial charge in [0, 0.05) is 31.0 Å². The number of nitrogen functional groups attached to an aromatic ring is 1. The molecule has 150 valence electrons. The summed E-state index contributed by atoms with van der Waals surface area (Å²) in [7, 11) is 1.62. The summed E-state index contributed by atoms with van der Waals surface area (Å²) in [6, 6.07) is 7.05. The quantitative estimate of drug-likeness (QED) is 0.346. The predicted octanol–water partition coefficient (Wildman–Crippen LogP) is 1.11. The second kappa shape index (κ2) is 8.23. The maximum Gasteiger partial charge on any atom is 0.146 e. The summed E-state index contributed by atoms with van der Waals surface area (Å²) in [5.41, 5.74) is 7.86. The molecular weight excluding hydrogens is 372 g/mol. The van der Waals surface area contributed by atoms with Gasteiger partial charge >= 0.3 is 0 Å². The molecule has 0 saturated heterocycles. The van der Waals surface area contributed by atoms with Gasteiger partial charge in [0.05, 0.1) is 31.1 Å². The highest BCUT2D eigenvalue weighted by Gasteiger charge is 2.20. The van der Waals surface area contributed by atoms with E-state index in [1.165, 1.54) is 6.33 Å². The molecule has 3 heterocycles. The van der Waals surface area contributed by atoms with Crippen LogP contribution in [0.1, 0.15) is 17.1 Å². The molecule has 29 heavy (non-hydrogen) atoms. The van der Waals surface area contributed by atoms with Gasteiger partial charge < -0.3 is 20.1 Å². The second-order valence-electron chi connectivity index (χ2n) is 6.55. The Balaban J connectivity index is 1.55. The first-order chi connectivity index (χ1) is 14.2. The fraction of sp³-hybridized carbons (Fsp3) is 0.316. The van der Waals surface area contributed by atoms with Crippen molar-refractivity contribution >= 4 is 17.2 Å². The second-order valence-corrected chi connectivity index (χ2v) is 6.55. The molecule has 2 aromatic heterocycles. The van der Waals surface area contributed by atoms with Crippen LogP contribution in [-0.2, 0) is 17.8 Å². The van der Waals surface area contributed by atoms with Crippen molar-refractivity contribution in [1.82, 2.24) is 24.7 Å². The Labute approximate surface area is 167 Å². The van der Waals surface area contributed by atoms with E-state index in [9.17, 15) is 0 Å². The van der Waals surface area contributed by atoms with Crippen LogP contribution >= 0.6 is 0 Å². The summed E-state index contributed by atoms with van der Waals surface area (Å²) in [5.74, 6) is 2.25. The molecule has 1 aromatic carbocycles. The summed E-state index contributed by atoms with van der Waals surface area (Å²) in [6.45, 7) is 3.00. The topological polar surface area (TPSA) is 128 Å². The molecule has 10 heteroatoms. The Bertz CT molecular complexity index is 1020. The van der Waals surface area contributed by atoms with Crippen LogP contribution in [0.5, 0.6) is 5.75 Å². The van der Waals surface area contributed by atoms with E-state index in [2.05, 4.69) is 25.0 Å². The molecule has 0 atom stereocenters. The van der Waals surface area contributed by atoms with Crippen LogP contribution in [0.4, 0.5) is 11.5 Å². The number of benzene rings is 1. The van der Waals surface area contributed by atoms with Crippen LogP contribution in [0.25, 0.3) is 0 Å². The third-order valence-electron chi connectivity index (χ3n) is 4.69. The van der Waals surface area contributed by atoms with E-state index in [4.69, 9.17) is 20.6 Å². The van der Waals surface area contributed by atoms with Crippen molar-refractivity contribution in [3.63, 3.8) is 0 Å². The van der Waals surface area contributed by atoms with Crippen molar-refractivity contribution in [2.45, 2.75) is 13.1 Å². The number of nitrogens with two attached hydrogens (primary N) is 1. The summed E-state index contributed by atoms with van der Waals surface area (Å²) in [4.78, 5) is 15.0. The summed E-state index contributed by atoms with van der Waals surface area (Å²) in [6.07, 6.45) is 3.03. The van der Waals surface area contributed by atoms with E-state index < -0.39 is 0 Å². The van der Waals surface area contributed by atoms with Crippen molar-refractivity contribution in [1.29, 1.82) is 5.41 Å². The van der Waals surface area contributed by atoms with Crippen LogP contribution in [0.15, 0.2) is 36.9 Å². The third-order valence-corrected chi connectivity index (χ3v) is 4.69. The Kier molecular flexibility index (Phi) is 5.34. The van der Waals surface area contributed by atoms with Gasteiger partial charge in [-0.3, -0.25) is 5.41 Å². The van der Waals surface area contributed by atoms with E-state index in [0.29, 0.717) is 42.5 Å². The third kappa shape index (κ3) is 4.02. The lowest BCUT2D eigenvalue weighted by molar-refractivity contribution is 0.146. The first-order valence-electron chi connectivity index (χ1n) is 9.20. The molecule has 0 amide bonds. The van der Waals surface area contributed by atoms with Crippen molar-refractivity contribution in [3.8, 4) is 5.75 Å². The zero-order valence-corrected chi connectivity index (χ0v) is 16.1. The summed E-state index contributed by atoms with van der Waals surface area (Å²) >= 11 is 0. The van der Waals surface area contributed by atoms with E-state index in [1.807, 2.05) is 4.68 Å². The smallest absolute Gasteiger partial charge is 0.146 e. The minimum atomic E-state index is 0.212. The Morgan fingerprint density at radius 3 is 2.90 bits per heavy atom. The Morgan fingerprint density at radius 2 is 2.03 bits per heavy atom. The summed E-state index contributed by atoms with van der Waals surface area (Å²) in [5, 5.41) is 12.8. The number of nitrogens with zero attached hydrogens (tertiary/aromatic N) is 6. The van der Waals surface area contributed by atoms with Crippen LogP contribution in [0.2, 0.25) is 0 Å². The molecule has 0 spiro atoms. The highest BCUT2D eigenvalue weighted by Crippen LogP contribution is 2.24. The number of anilines is 2. The number of fused-ring (bicyclic) bond motifs is 1. The average molecular weight is 394 g/mol. The lowest BCUT2D eigenvalue weighted by Gasteiger charge is -2.27. The monoisotopic (exact) mass is 394 g/mol. The van der Waals surface area contributed by atoms with Crippen molar-refractivity contribution < 1.29 is 9.47 Å². The van der Waals surface area contributed by atoms with E-state index in [-0.39, 0.29) is 5.71 Å². The van der Waals surface area contributed by atoms with Gasteiger partial charge in [-0.15, -0.1) is 0 Å². The Hall–Kier alpha value is -3.53. The van der Waals surface area contributed by atoms with E-state index in [0.717, 1.165) is 24.7 Å². The van der Waals surface area contributed by atoms with Gasteiger partial charge in [0.1, 0.15) is 36.7 Å². The SMILES string of the molecule is COCCOc1ccc(N)c(C(=N)c2cc(N3CCn4ncnc4C3)ncn2)c1. The molecule has 3 N–H and O–H groups in total. The van der Waals surface area contributed by atoms with Crippen molar-refractivity contribution in [2.24, 2.45) is 0 Å². The molecular formula is C19H22N8O2. The molecule has 0 radical (unpaired) electrons. The molecule has 0 fully saturated rings. The number of aromatic nitrogens is 5.